The first-order valence-electron chi connectivity index (χ1n) is 13.0. The molecule has 0 spiro atoms. The highest BCUT2D eigenvalue weighted by Crippen LogP contribution is 2.44. The third kappa shape index (κ3) is 6.98. The van der Waals surface area contributed by atoms with Crippen LogP contribution in [-0.2, 0) is 9.53 Å². The van der Waals surface area contributed by atoms with Crippen LogP contribution in [0.15, 0.2) is 72.8 Å². The van der Waals surface area contributed by atoms with Crippen molar-refractivity contribution in [2.75, 3.05) is 39.6 Å². The van der Waals surface area contributed by atoms with Gasteiger partial charge in [0.05, 0.1) is 27.7 Å². The van der Waals surface area contributed by atoms with E-state index in [9.17, 15) is 9.59 Å². The summed E-state index contributed by atoms with van der Waals surface area (Å²) in [4.78, 5) is 26.0. The lowest BCUT2D eigenvalue weighted by Crippen LogP contribution is -2.44. The zero-order valence-electron chi connectivity index (χ0n) is 22.3. The number of benzene rings is 3. The Morgan fingerprint density at radius 2 is 1.46 bits per heavy atom. The van der Waals surface area contributed by atoms with Crippen LogP contribution >= 0.6 is 0 Å². The number of unbranched alkanes of at least 4 members (excludes halogenated alkanes) is 1. The van der Waals surface area contributed by atoms with E-state index < -0.39 is 12.1 Å². The smallest absolute Gasteiger partial charge is 0.407 e. The number of alkyl carbamates (subject to hydrolysis) is 1. The molecular formula is C31H38N3O3+. The van der Waals surface area contributed by atoms with Gasteiger partial charge in [0.2, 0.25) is 5.91 Å². The minimum atomic E-state index is -0.676. The highest BCUT2D eigenvalue weighted by Gasteiger charge is 2.30. The van der Waals surface area contributed by atoms with Crippen molar-refractivity contribution in [3.05, 3.63) is 89.5 Å². The van der Waals surface area contributed by atoms with Crippen molar-refractivity contribution < 1.29 is 18.8 Å². The average Bonchev–Trinajstić information content (AvgIpc) is 3.19. The molecule has 0 radical (unpaired) electrons. The standard InChI is InChI=1S/C31H37N3O3/c1-22-16-18-23(19-17-22)32-30(35)29(15-9-10-20-34(2,3)4)33-31(36)37-21-28-26-13-7-5-11-24(26)25-12-6-8-14-27(25)28/h5-8,11-14,16-19,28-29H,9-10,15,20-21H2,1-4H3,(H-,32,33,35,36)/p+1/t29-/m0/s1. The summed E-state index contributed by atoms with van der Waals surface area (Å²) in [7, 11) is 6.45. The van der Waals surface area contributed by atoms with Gasteiger partial charge in [0.25, 0.3) is 0 Å². The van der Waals surface area contributed by atoms with Gasteiger partial charge in [-0.25, -0.2) is 4.79 Å². The molecule has 2 amide bonds. The fraction of sp³-hybridized carbons (Fsp3) is 0.355. The molecule has 1 aliphatic carbocycles. The molecule has 0 aromatic heterocycles. The lowest BCUT2D eigenvalue weighted by Gasteiger charge is -2.24. The molecule has 4 rings (SSSR count). The van der Waals surface area contributed by atoms with E-state index in [0.29, 0.717) is 12.1 Å². The predicted molar refractivity (Wildman–Crippen MR) is 149 cm³/mol. The molecule has 0 saturated carbocycles. The molecule has 0 heterocycles. The largest absolute Gasteiger partial charge is 0.449 e. The number of nitrogens with zero attached hydrogens (tertiary/aromatic N) is 1. The Labute approximate surface area is 220 Å². The fourth-order valence-electron chi connectivity index (χ4n) is 4.85. The van der Waals surface area contributed by atoms with E-state index in [-0.39, 0.29) is 18.4 Å². The Morgan fingerprint density at radius 3 is 2.05 bits per heavy atom. The predicted octanol–water partition coefficient (Wildman–Crippen LogP) is 5.72. The van der Waals surface area contributed by atoms with Crippen molar-refractivity contribution >= 4 is 17.7 Å². The van der Waals surface area contributed by atoms with Gasteiger partial charge in [0, 0.05) is 11.6 Å². The van der Waals surface area contributed by atoms with Crippen LogP contribution in [-0.4, -0.2) is 56.8 Å². The summed E-state index contributed by atoms with van der Waals surface area (Å²) in [5.74, 6) is -0.259. The molecule has 6 heteroatoms. The minimum absolute atomic E-state index is 0.0254. The summed E-state index contributed by atoms with van der Waals surface area (Å²) in [6.45, 7) is 3.21. The second-order valence-corrected chi connectivity index (χ2v) is 10.9. The first kappa shape index (κ1) is 26.4. The van der Waals surface area contributed by atoms with Crippen LogP contribution in [0.4, 0.5) is 10.5 Å². The van der Waals surface area contributed by atoms with Crippen LogP contribution in [0.2, 0.25) is 0 Å². The van der Waals surface area contributed by atoms with Gasteiger partial charge < -0.3 is 19.9 Å². The molecule has 3 aromatic carbocycles. The number of hydrogen-bond acceptors (Lipinski definition) is 3. The number of rotatable bonds is 10. The maximum Gasteiger partial charge on any atom is 0.407 e. The fourth-order valence-corrected chi connectivity index (χ4v) is 4.85. The number of ether oxygens (including phenoxy) is 1. The van der Waals surface area contributed by atoms with Gasteiger partial charge in [-0.1, -0.05) is 66.2 Å². The van der Waals surface area contributed by atoms with Crippen molar-refractivity contribution in [1.29, 1.82) is 0 Å². The lowest BCUT2D eigenvalue weighted by molar-refractivity contribution is -0.870. The highest BCUT2D eigenvalue weighted by molar-refractivity contribution is 5.96. The summed E-state index contributed by atoms with van der Waals surface area (Å²) in [5, 5.41) is 5.78. The van der Waals surface area contributed by atoms with Gasteiger partial charge >= 0.3 is 6.09 Å². The number of hydrogen-bond donors (Lipinski definition) is 2. The molecular weight excluding hydrogens is 462 g/mol. The molecule has 6 nitrogen and oxygen atoms in total. The average molecular weight is 501 g/mol. The molecule has 1 atom stereocenters. The maximum atomic E-state index is 13.1. The van der Waals surface area contributed by atoms with Crippen LogP contribution in [0.25, 0.3) is 11.1 Å². The maximum absolute atomic E-state index is 13.1. The van der Waals surface area contributed by atoms with Gasteiger partial charge in [-0.2, -0.15) is 0 Å². The number of fused-ring (bicyclic) bond motifs is 3. The van der Waals surface area contributed by atoms with E-state index in [1.54, 1.807) is 0 Å². The van der Waals surface area contributed by atoms with Gasteiger partial charge in [-0.05, 0) is 60.6 Å². The monoisotopic (exact) mass is 500 g/mol. The van der Waals surface area contributed by atoms with E-state index in [1.165, 1.54) is 11.1 Å². The molecule has 1 aliphatic rings. The molecule has 3 aromatic rings. The normalized spacial score (nSPS) is 13.4. The Kier molecular flexibility index (Phi) is 8.29. The number of carbonyl (C=O) groups excluding carboxylic acids is 2. The van der Waals surface area contributed by atoms with Crippen LogP contribution in [0.3, 0.4) is 0 Å². The number of quaternary nitrogens is 1. The number of amides is 2. The van der Waals surface area contributed by atoms with Gasteiger partial charge in [-0.15, -0.1) is 0 Å². The Morgan fingerprint density at radius 1 is 0.865 bits per heavy atom. The van der Waals surface area contributed by atoms with E-state index in [1.807, 2.05) is 55.5 Å². The zero-order valence-corrected chi connectivity index (χ0v) is 22.3. The van der Waals surface area contributed by atoms with Gasteiger partial charge in [0.15, 0.2) is 0 Å². The molecule has 2 N–H and O–H groups in total. The van der Waals surface area contributed by atoms with Crippen molar-refractivity contribution in [3.63, 3.8) is 0 Å². The molecule has 0 saturated heterocycles. The molecule has 0 aliphatic heterocycles. The van der Waals surface area contributed by atoms with Gasteiger partial charge in [-0.3, -0.25) is 4.79 Å². The Hall–Kier alpha value is -3.64. The second kappa shape index (κ2) is 11.6. The number of aryl methyl sites for hydroxylation is 1. The van der Waals surface area contributed by atoms with Crippen LogP contribution in [0.5, 0.6) is 0 Å². The number of carbonyl (C=O) groups is 2. The van der Waals surface area contributed by atoms with Crippen molar-refractivity contribution in [2.24, 2.45) is 0 Å². The lowest BCUT2D eigenvalue weighted by atomic mass is 9.98. The van der Waals surface area contributed by atoms with E-state index >= 15 is 0 Å². The second-order valence-electron chi connectivity index (χ2n) is 10.9. The number of anilines is 1. The summed E-state index contributed by atoms with van der Waals surface area (Å²) in [5.41, 5.74) is 6.50. The Bertz CT molecular complexity index is 1190. The molecule has 0 bridgehead atoms. The quantitative estimate of drug-likeness (QED) is 0.276. The minimum Gasteiger partial charge on any atom is -0.449 e. The van der Waals surface area contributed by atoms with Crippen LogP contribution in [0, 0.1) is 6.92 Å². The summed E-state index contributed by atoms with van der Waals surface area (Å²) < 4.78 is 6.57. The summed E-state index contributed by atoms with van der Waals surface area (Å²) >= 11 is 0. The first-order valence-corrected chi connectivity index (χ1v) is 13.0. The number of nitrogens with one attached hydrogen (secondary N) is 2. The summed E-state index contributed by atoms with van der Waals surface area (Å²) in [6.07, 6.45) is 1.76. The topological polar surface area (TPSA) is 67.4 Å². The third-order valence-electron chi connectivity index (χ3n) is 6.84. The first-order chi connectivity index (χ1) is 17.7. The van der Waals surface area contributed by atoms with Crippen molar-refractivity contribution in [2.45, 2.75) is 38.1 Å². The molecule has 0 unspecified atom stereocenters. The highest BCUT2D eigenvalue weighted by atomic mass is 16.5. The molecule has 0 fully saturated rings. The third-order valence-corrected chi connectivity index (χ3v) is 6.84. The van der Waals surface area contributed by atoms with E-state index in [0.717, 1.165) is 40.6 Å². The van der Waals surface area contributed by atoms with E-state index in [4.69, 9.17) is 4.74 Å². The van der Waals surface area contributed by atoms with Crippen LogP contribution < -0.4 is 10.6 Å². The van der Waals surface area contributed by atoms with E-state index in [2.05, 4.69) is 56.0 Å². The molecule has 37 heavy (non-hydrogen) atoms. The van der Waals surface area contributed by atoms with Crippen molar-refractivity contribution in [3.8, 4) is 11.1 Å². The zero-order chi connectivity index (χ0) is 26.4. The molecule has 194 valence electrons. The van der Waals surface area contributed by atoms with Crippen LogP contribution in [0.1, 0.15) is 41.9 Å². The van der Waals surface area contributed by atoms with Crippen molar-refractivity contribution in [1.82, 2.24) is 5.32 Å². The Balaban J connectivity index is 1.40. The SMILES string of the molecule is Cc1ccc(NC(=O)[C@H](CCCC[N+](C)(C)C)NC(=O)OCC2c3ccccc3-c3ccccc32)cc1. The van der Waals surface area contributed by atoms with Gasteiger partial charge in [0.1, 0.15) is 12.6 Å². The summed E-state index contributed by atoms with van der Waals surface area (Å²) in [6, 6.07) is 23.4.